The molecular formula is C20H20N6O4S. The summed E-state index contributed by atoms with van der Waals surface area (Å²) in [5.74, 6) is 1.40. The summed E-state index contributed by atoms with van der Waals surface area (Å²) in [6.07, 6.45) is 0. The maximum Gasteiger partial charge on any atom is 0.417 e. The van der Waals surface area contributed by atoms with Crippen molar-refractivity contribution < 1.29 is 12.8 Å². The Hall–Kier alpha value is -3.86. The second-order valence-corrected chi connectivity index (χ2v) is 8.72. The molecule has 2 heterocycles. The summed E-state index contributed by atoms with van der Waals surface area (Å²) in [5.41, 5.74) is 1.73. The zero-order valence-electron chi connectivity index (χ0n) is 17.0. The monoisotopic (exact) mass is 440 g/mol. The van der Waals surface area contributed by atoms with Crippen LogP contribution in [0.1, 0.15) is 5.82 Å². The van der Waals surface area contributed by atoms with E-state index in [9.17, 15) is 13.2 Å². The Kier molecular flexibility index (Phi) is 5.11. The van der Waals surface area contributed by atoms with Crippen molar-refractivity contribution in [3.63, 3.8) is 0 Å². The maximum absolute atomic E-state index is 12.7. The molecule has 4 rings (SSSR count). The van der Waals surface area contributed by atoms with Gasteiger partial charge in [0.05, 0.1) is 10.4 Å². The van der Waals surface area contributed by atoms with E-state index >= 15 is 0 Å². The van der Waals surface area contributed by atoms with Gasteiger partial charge >= 0.3 is 5.76 Å². The molecule has 0 saturated carbocycles. The number of fused-ring (bicyclic) bond motifs is 1. The normalized spacial score (nSPS) is 11.5. The van der Waals surface area contributed by atoms with E-state index in [0.29, 0.717) is 22.8 Å². The van der Waals surface area contributed by atoms with Crippen LogP contribution < -0.4 is 20.7 Å². The minimum absolute atomic E-state index is 0.00641. The number of nitrogens with zero attached hydrogens (tertiary/aromatic N) is 3. The molecule has 0 fully saturated rings. The lowest BCUT2D eigenvalue weighted by Crippen LogP contribution is -2.13. The van der Waals surface area contributed by atoms with Gasteiger partial charge in [0.15, 0.2) is 5.58 Å². The van der Waals surface area contributed by atoms with Gasteiger partial charge in [-0.15, -0.1) is 0 Å². The van der Waals surface area contributed by atoms with E-state index in [1.165, 1.54) is 18.2 Å². The van der Waals surface area contributed by atoms with Crippen molar-refractivity contribution in [2.75, 3.05) is 29.0 Å². The second-order valence-electron chi connectivity index (χ2n) is 7.03. The zero-order valence-corrected chi connectivity index (χ0v) is 17.8. The number of anilines is 4. The standard InChI is InChI=1S/C20H20N6O4S/c1-12-21-18(11-19(22-12)26(2)3)23-13-4-6-14(7-5-13)25-31(28,29)15-8-9-17-16(10-15)24-20(27)30-17/h4-11,25H,1-3H3,(H,24,27)(H,21,22,23). The van der Waals surface area contributed by atoms with Crippen molar-refractivity contribution >= 4 is 44.1 Å². The molecule has 31 heavy (non-hydrogen) atoms. The highest BCUT2D eigenvalue weighted by Crippen LogP contribution is 2.23. The molecule has 0 radical (unpaired) electrons. The van der Waals surface area contributed by atoms with Gasteiger partial charge in [0.25, 0.3) is 10.0 Å². The number of hydrogen-bond acceptors (Lipinski definition) is 8. The largest absolute Gasteiger partial charge is 0.417 e. The molecule has 0 unspecified atom stereocenters. The van der Waals surface area contributed by atoms with Crippen molar-refractivity contribution in [1.82, 2.24) is 15.0 Å². The van der Waals surface area contributed by atoms with Gasteiger partial charge in [-0.2, -0.15) is 0 Å². The third-order valence-electron chi connectivity index (χ3n) is 4.39. The predicted molar refractivity (Wildman–Crippen MR) is 118 cm³/mol. The first kappa shape index (κ1) is 20.4. The van der Waals surface area contributed by atoms with Gasteiger partial charge in [-0.25, -0.2) is 23.2 Å². The molecule has 160 valence electrons. The molecule has 10 nitrogen and oxygen atoms in total. The molecule has 0 bridgehead atoms. The van der Waals surface area contributed by atoms with Crippen LogP contribution in [0.2, 0.25) is 0 Å². The molecule has 0 aliphatic rings. The number of hydrogen-bond donors (Lipinski definition) is 3. The number of H-pyrrole nitrogens is 1. The lowest BCUT2D eigenvalue weighted by Gasteiger charge is -2.14. The third-order valence-corrected chi connectivity index (χ3v) is 5.77. The van der Waals surface area contributed by atoms with E-state index < -0.39 is 15.8 Å². The molecule has 2 aromatic heterocycles. The first-order valence-corrected chi connectivity index (χ1v) is 10.7. The minimum atomic E-state index is -3.85. The fourth-order valence-electron chi connectivity index (χ4n) is 2.93. The van der Waals surface area contributed by atoms with Gasteiger partial charge in [0, 0.05) is 31.5 Å². The Morgan fingerprint density at radius 2 is 1.71 bits per heavy atom. The number of aromatic amines is 1. The highest BCUT2D eigenvalue weighted by Gasteiger charge is 2.16. The fourth-order valence-corrected chi connectivity index (χ4v) is 4.01. The van der Waals surface area contributed by atoms with Crippen LogP contribution in [-0.4, -0.2) is 37.5 Å². The topological polar surface area (TPSA) is 133 Å². The quantitative estimate of drug-likeness (QED) is 0.417. The Morgan fingerprint density at radius 3 is 2.42 bits per heavy atom. The van der Waals surface area contributed by atoms with E-state index in [1.807, 2.05) is 32.0 Å². The number of aryl methyl sites for hydroxylation is 1. The van der Waals surface area contributed by atoms with Crippen LogP contribution in [0.5, 0.6) is 0 Å². The fraction of sp³-hybridized carbons (Fsp3) is 0.150. The first-order valence-electron chi connectivity index (χ1n) is 9.25. The molecule has 0 amide bonds. The van der Waals surface area contributed by atoms with Crippen molar-refractivity contribution in [2.24, 2.45) is 0 Å². The number of rotatable bonds is 6. The van der Waals surface area contributed by atoms with Crippen LogP contribution in [0.4, 0.5) is 23.0 Å². The van der Waals surface area contributed by atoms with Gasteiger partial charge in [-0.1, -0.05) is 0 Å². The average molecular weight is 440 g/mol. The van der Waals surface area contributed by atoms with Crippen molar-refractivity contribution in [2.45, 2.75) is 11.8 Å². The highest BCUT2D eigenvalue weighted by atomic mass is 32.2. The summed E-state index contributed by atoms with van der Waals surface area (Å²) in [4.78, 5) is 24.3. The van der Waals surface area contributed by atoms with Gasteiger partial charge in [-0.05, 0) is 49.4 Å². The van der Waals surface area contributed by atoms with Crippen molar-refractivity contribution in [3.05, 3.63) is 64.9 Å². The first-order chi connectivity index (χ1) is 14.7. The highest BCUT2D eigenvalue weighted by molar-refractivity contribution is 7.92. The Balaban J connectivity index is 1.52. The van der Waals surface area contributed by atoms with Crippen LogP contribution in [0.3, 0.4) is 0 Å². The number of aromatic nitrogens is 3. The van der Waals surface area contributed by atoms with Gasteiger partial charge < -0.3 is 14.6 Å². The Morgan fingerprint density at radius 1 is 1.00 bits per heavy atom. The van der Waals surface area contributed by atoms with Gasteiger partial charge in [0.2, 0.25) is 0 Å². The number of sulfonamides is 1. The molecule has 0 saturated heterocycles. The SMILES string of the molecule is Cc1nc(Nc2ccc(NS(=O)(=O)c3ccc4oc(=O)[nH]c4c3)cc2)cc(N(C)C)n1. The second kappa shape index (κ2) is 7.76. The van der Waals surface area contributed by atoms with Gasteiger partial charge in [0.1, 0.15) is 17.5 Å². The maximum atomic E-state index is 12.7. The van der Waals surface area contributed by atoms with Crippen LogP contribution in [-0.2, 0) is 10.0 Å². The van der Waals surface area contributed by atoms with Crippen LogP contribution in [0.15, 0.2) is 62.6 Å². The zero-order chi connectivity index (χ0) is 22.2. The smallest absolute Gasteiger partial charge is 0.408 e. The third kappa shape index (κ3) is 4.51. The summed E-state index contributed by atoms with van der Waals surface area (Å²) in [6.45, 7) is 1.81. The molecule has 0 atom stereocenters. The average Bonchev–Trinajstić information content (AvgIpc) is 3.08. The van der Waals surface area contributed by atoms with E-state index in [4.69, 9.17) is 4.42 Å². The van der Waals surface area contributed by atoms with Crippen LogP contribution in [0.25, 0.3) is 11.1 Å². The molecule has 0 aliphatic heterocycles. The summed E-state index contributed by atoms with van der Waals surface area (Å²) >= 11 is 0. The Labute approximate surface area is 178 Å². The lowest BCUT2D eigenvalue weighted by molar-refractivity contribution is 0.555. The molecule has 4 aromatic rings. The molecule has 2 aromatic carbocycles. The number of nitrogens with one attached hydrogen (secondary N) is 3. The van der Waals surface area contributed by atoms with Crippen molar-refractivity contribution in [1.29, 1.82) is 0 Å². The van der Waals surface area contributed by atoms with Crippen molar-refractivity contribution in [3.8, 4) is 0 Å². The molecule has 11 heteroatoms. The van der Waals surface area contributed by atoms with E-state index in [1.54, 1.807) is 24.3 Å². The predicted octanol–water partition coefficient (Wildman–Crippen LogP) is 2.83. The molecule has 3 N–H and O–H groups in total. The summed E-state index contributed by atoms with van der Waals surface area (Å²) in [7, 11) is -0.0538. The Bertz CT molecular complexity index is 1410. The summed E-state index contributed by atoms with van der Waals surface area (Å²) in [5, 5.41) is 3.19. The lowest BCUT2D eigenvalue weighted by atomic mass is 10.3. The molecule has 0 spiro atoms. The van der Waals surface area contributed by atoms with Crippen LogP contribution >= 0.6 is 0 Å². The number of oxazole rings is 1. The van der Waals surface area contributed by atoms with Gasteiger partial charge in [-0.3, -0.25) is 9.71 Å². The summed E-state index contributed by atoms with van der Waals surface area (Å²) < 4.78 is 32.8. The van der Waals surface area contributed by atoms with E-state index in [2.05, 4.69) is 25.0 Å². The number of benzene rings is 2. The van der Waals surface area contributed by atoms with E-state index in [-0.39, 0.29) is 10.5 Å². The molecule has 0 aliphatic carbocycles. The minimum Gasteiger partial charge on any atom is -0.408 e. The van der Waals surface area contributed by atoms with Crippen LogP contribution in [0, 0.1) is 6.92 Å². The molecular weight excluding hydrogens is 420 g/mol. The summed E-state index contributed by atoms with van der Waals surface area (Å²) in [6, 6.07) is 12.7. The van der Waals surface area contributed by atoms with E-state index in [0.717, 1.165) is 11.5 Å².